The molecule has 2 aromatic carbocycles. The molecule has 0 radical (unpaired) electrons. The first kappa shape index (κ1) is 28.2. The zero-order valence-electron chi connectivity index (χ0n) is 19.2. The van der Waals surface area contributed by atoms with Gasteiger partial charge in [-0.15, -0.1) is 11.7 Å². The Kier molecular flexibility index (Phi) is 8.98. The number of hydrogen-bond donors (Lipinski definition) is 1. The zero-order chi connectivity index (χ0) is 27.3. The molecule has 3 rings (SSSR count). The van der Waals surface area contributed by atoms with Gasteiger partial charge in [0, 0.05) is 33.9 Å². The Morgan fingerprint density at radius 2 is 1.95 bits per heavy atom. The highest BCUT2D eigenvalue weighted by Crippen LogP contribution is 2.36. The standard InChI is InChI=1S/C24H21BrClF3N4O4/c1-2-9-32-21(18-8-7-15(26)11-20(18)25)31-33(23(32)36)12-16(34)10-14(13-37-22(30)35)17-5-3-4-6-19(17)24(27,28)29/h2-8,11,14H,1,9-10,12-13H2,(H2,30,35). The molecular formula is C24H21BrClF3N4O4. The van der Waals surface area contributed by atoms with Crippen LogP contribution in [0.1, 0.15) is 23.5 Å². The number of aromatic nitrogens is 3. The molecule has 13 heteroatoms. The second kappa shape index (κ2) is 11.8. The molecule has 0 aliphatic heterocycles. The van der Waals surface area contributed by atoms with E-state index in [2.05, 4.69) is 27.6 Å². The van der Waals surface area contributed by atoms with Gasteiger partial charge in [-0.05, 0) is 45.8 Å². The number of benzene rings is 2. The van der Waals surface area contributed by atoms with Crippen LogP contribution in [0.5, 0.6) is 0 Å². The lowest BCUT2D eigenvalue weighted by Crippen LogP contribution is -2.29. The Balaban J connectivity index is 1.94. The number of allylic oxidation sites excluding steroid dienone is 1. The molecule has 1 amide bonds. The molecule has 0 aliphatic carbocycles. The van der Waals surface area contributed by atoms with E-state index in [1.165, 1.54) is 28.8 Å². The number of carbonyl (C=O) groups excluding carboxylic acids is 2. The predicted octanol–water partition coefficient (Wildman–Crippen LogP) is 5.17. The lowest BCUT2D eigenvalue weighted by atomic mass is 9.90. The molecule has 196 valence electrons. The number of primary amides is 1. The van der Waals surface area contributed by atoms with Gasteiger partial charge in [0.25, 0.3) is 0 Å². The van der Waals surface area contributed by atoms with Crippen LogP contribution in [0.3, 0.4) is 0 Å². The fraction of sp³-hybridized carbons (Fsp3) is 0.250. The van der Waals surface area contributed by atoms with Crippen molar-refractivity contribution in [2.24, 2.45) is 5.73 Å². The first-order chi connectivity index (χ1) is 17.4. The molecule has 0 fully saturated rings. The number of nitrogens with two attached hydrogens (primary N) is 1. The van der Waals surface area contributed by atoms with Crippen LogP contribution in [-0.4, -0.2) is 32.8 Å². The third-order valence-electron chi connectivity index (χ3n) is 5.34. The van der Waals surface area contributed by atoms with E-state index in [4.69, 9.17) is 22.1 Å². The Bertz CT molecular complexity index is 1390. The molecule has 8 nitrogen and oxygen atoms in total. The van der Waals surface area contributed by atoms with E-state index >= 15 is 0 Å². The third kappa shape index (κ3) is 6.89. The van der Waals surface area contributed by atoms with E-state index in [1.54, 1.807) is 18.2 Å². The summed E-state index contributed by atoms with van der Waals surface area (Å²) in [6, 6.07) is 9.53. The zero-order valence-corrected chi connectivity index (χ0v) is 21.5. The number of Topliss-reactive ketones (excluding diaryl/α,β-unsaturated/α-hetero) is 1. The number of rotatable bonds is 10. The summed E-state index contributed by atoms with van der Waals surface area (Å²) in [5, 5.41) is 4.73. The largest absolute Gasteiger partial charge is 0.449 e. The SMILES string of the molecule is C=CCn1c(-c2ccc(Cl)cc2Br)nn(CC(=O)CC(COC(N)=O)c2ccccc2C(F)(F)F)c1=O. The van der Waals surface area contributed by atoms with Crippen molar-refractivity contribution in [2.45, 2.75) is 31.6 Å². The summed E-state index contributed by atoms with van der Waals surface area (Å²) < 4.78 is 48.3. The van der Waals surface area contributed by atoms with Crippen molar-refractivity contribution in [1.82, 2.24) is 14.3 Å². The lowest BCUT2D eigenvalue weighted by molar-refractivity contribution is -0.138. The molecule has 1 aromatic heterocycles. The molecular weight excluding hydrogens is 581 g/mol. The van der Waals surface area contributed by atoms with Crippen molar-refractivity contribution in [2.75, 3.05) is 6.61 Å². The Hall–Kier alpha value is -3.38. The third-order valence-corrected chi connectivity index (χ3v) is 6.23. The minimum atomic E-state index is -4.70. The van der Waals surface area contributed by atoms with Gasteiger partial charge in [-0.1, -0.05) is 35.9 Å². The summed E-state index contributed by atoms with van der Waals surface area (Å²) >= 11 is 9.38. The fourth-order valence-electron chi connectivity index (χ4n) is 3.77. The molecule has 2 N–H and O–H groups in total. The van der Waals surface area contributed by atoms with Gasteiger partial charge in [0.2, 0.25) is 0 Å². The second-order valence-electron chi connectivity index (χ2n) is 7.94. The van der Waals surface area contributed by atoms with Crippen LogP contribution in [0, 0.1) is 0 Å². The normalized spacial score (nSPS) is 12.2. The average Bonchev–Trinajstić information content (AvgIpc) is 3.11. The van der Waals surface area contributed by atoms with Gasteiger partial charge in [0.15, 0.2) is 11.6 Å². The summed E-state index contributed by atoms with van der Waals surface area (Å²) in [7, 11) is 0. The van der Waals surface area contributed by atoms with Gasteiger partial charge in [0.05, 0.1) is 5.56 Å². The molecule has 3 aromatic rings. The van der Waals surface area contributed by atoms with Crippen molar-refractivity contribution in [3.8, 4) is 11.4 Å². The quantitative estimate of drug-likeness (QED) is 0.323. The van der Waals surface area contributed by atoms with Crippen LogP contribution in [-0.2, 0) is 28.8 Å². The van der Waals surface area contributed by atoms with E-state index in [9.17, 15) is 27.6 Å². The van der Waals surface area contributed by atoms with E-state index in [1.807, 2.05) is 0 Å². The van der Waals surface area contributed by atoms with Crippen molar-refractivity contribution < 1.29 is 27.5 Å². The van der Waals surface area contributed by atoms with Gasteiger partial charge < -0.3 is 10.5 Å². The monoisotopic (exact) mass is 600 g/mol. The number of hydrogen-bond acceptors (Lipinski definition) is 5. The highest BCUT2D eigenvalue weighted by molar-refractivity contribution is 9.10. The Morgan fingerprint density at radius 3 is 2.57 bits per heavy atom. The van der Waals surface area contributed by atoms with Crippen molar-refractivity contribution in [3.63, 3.8) is 0 Å². The van der Waals surface area contributed by atoms with Crippen LogP contribution >= 0.6 is 27.5 Å². The molecule has 37 heavy (non-hydrogen) atoms. The number of ketones is 1. The molecule has 0 saturated heterocycles. The first-order valence-corrected chi connectivity index (χ1v) is 11.9. The molecule has 0 bridgehead atoms. The average molecular weight is 602 g/mol. The van der Waals surface area contributed by atoms with E-state index in [0.29, 0.717) is 15.1 Å². The van der Waals surface area contributed by atoms with E-state index in [-0.39, 0.29) is 17.9 Å². The maximum absolute atomic E-state index is 13.6. The van der Waals surface area contributed by atoms with Gasteiger partial charge in [0.1, 0.15) is 13.2 Å². The fourth-order valence-corrected chi connectivity index (χ4v) is 4.63. The summed E-state index contributed by atoms with van der Waals surface area (Å²) in [6.07, 6.45) is -4.89. The van der Waals surface area contributed by atoms with Crippen molar-refractivity contribution in [3.05, 3.63) is 86.2 Å². The molecule has 1 unspecified atom stereocenters. The summed E-state index contributed by atoms with van der Waals surface area (Å²) in [5.41, 5.74) is 3.70. The molecule has 0 saturated carbocycles. The topological polar surface area (TPSA) is 109 Å². The van der Waals surface area contributed by atoms with Crippen LogP contribution in [0.4, 0.5) is 18.0 Å². The van der Waals surface area contributed by atoms with E-state index in [0.717, 1.165) is 10.7 Å². The maximum atomic E-state index is 13.6. The Morgan fingerprint density at radius 1 is 1.24 bits per heavy atom. The lowest BCUT2D eigenvalue weighted by Gasteiger charge is -2.21. The highest BCUT2D eigenvalue weighted by Gasteiger charge is 2.35. The molecule has 0 aliphatic rings. The van der Waals surface area contributed by atoms with E-state index < -0.39 is 54.8 Å². The van der Waals surface area contributed by atoms with Gasteiger partial charge in [-0.2, -0.15) is 13.2 Å². The van der Waals surface area contributed by atoms with Gasteiger partial charge in [-0.3, -0.25) is 9.36 Å². The summed E-state index contributed by atoms with van der Waals surface area (Å²) in [5.74, 6) is -1.53. The number of amides is 1. The van der Waals surface area contributed by atoms with Gasteiger partial charge >= 0.3 is 18.0 Å². The Labute approximate surface area is 222 Å². The minimum Gasteiger partial charge on any atom is -0.449 e. The van der Waals surface area contributed by atoms with Crippen LogP contribution in [0.2, 0.25) is 5.02 Å². The predicted molar refractivity (Wildman–Crippen MR) is 134 cm³/mol. The highest BCUT2D eigenvalue weighted by atomic mass is 79.9. The minimum absolute atomic E-state index is 0.0887. The number of nitrogens with zero attached hydrogens (tertiary/aromatic N) is 3. The second-order valence-corrected chi connectivity index (χ2v) is 9.23. The van der Waals surface area contributed by atoms with Gasteiger partial charge in [-0.25, -0.2) is 14.3 Å². The first-order valence-electron chi connectivity index (χ1n) is 10.8. The van der Waals surface area contributed by atoms with Crippen molar-refractivity contribution >= 4 is 39.4 Å². The maximum Gasteiger partial charge on any atom is 0.416 e. The van der Waals surface area contributed by atoms with Crippen LogP contribution in [0.15, 0.2) is 64.4 Å². The van der Waals surface area contributed by atoms with Crippen LogP contribution in [0.25, 0.3) is 11.4 Å². The summed E-state index contributed by atoms with van der Waals surface area (Å²) in [6.45, 7) is 2.64. The van der Waals surface area contributed by atoms with Crippen LogP contribution < -0.4 is 11.4 Å². The molecule has 0 spiro atoms. The number of alkyl halides is 3. The van der Waals surface area contributed by atoms with Crippen molar-refractivity contribution in [1.29, 1.82) is 0 Å². The number of carbonyl (C=O) groups is 2. The smallest absolute Gasteiger partial charge is 0.416 e. The molecule has 1 heterocycles. The summed E-state index contributed by atoms with van der Waals surface area (Å²) in [4.78, 5) is 37.1. The number of halogens is 5. The number of ether oxygens (including phenoxy) is 1. The molecule has 1 atom stereocenters.